The molecule has 0 atom stereocenters. The highest BCUT2D eigenvalue weighted by Crippen LogP contribution is 2.23. The average Bonchev–Trinajstić information content (AvgIpc) is 3.19. The summed E-state index contributed by atoms with van der Waals surface area (Å²) in [7, 11) is 1.57. The molecule has 2 aromatic carbocycles. The number of ether oxygens (including phenoxy) is 2. The molecule has 1 amide bonds. The van der Waals surface area contributed by atoms with E-state index in [1.807, 2.05) is 12.1 Å². The lowest BCUT2D eigenvalue weighted by molar-refractivity contribution is -0.113. The molecule has 3 rings (SSSR count). The van der Waals surface area contributed by atoms with E-state index < -0.39 is 0 Å². The highest BCUT2D eigenvalue weighted by molar-refractivity contribution is 7.99. The van der Waals surface area contributed by atoms with Gasteiger partial charge in [0.2, 0.25) is 5.91 Å². The van der Waals surface area contributed by atoms with Crippen molar-refractivity contribution in [2.45, 2.75) is 11.8 Å². The standard InChI is InChI=1S/C19H15ClN4O4S/c1-26-14-3-2-4-15(8-14)27-10-18-23-24-19(28-18)29-11-17(25)22-16-7-13(20)6-5-12(16)9-21/h2-8H,10-11H2,1H3,(H,22,25). The molecule has 1 aromatic heterocycles. The van der Waals surface area contributed by atoms with Crippen molar-refractivity contribution in [3.05, 3.63) is 58.9 Å². The topological polar surface area (TPSA) is 110 Å². The molecule has 0 spiro atoms. The van der Waals surface area contributed by atoms with E-state index in [0.29, 0.717) is 27.8 Å². The Bertz CT molecular complexity index is 1050. The van der Waals surface area contributed by atoms with Crippen LogP contribution in [-0.2, 0) is 11.4 Å². The fourth-order valence-corrected chi connectivity index (χ4v) is 2.97. The highest BCUT2D eigenvalue weighted by Gasteiger charge is 2.12. The minimum Gasteiger partial charge on any atom is -0.497 e. The number of rotatable bonds is 8. The molecule has 0 fully saturated rings. The molecule has 8 nitrogen and oxygen atoms in total. The quantitative estimate of drug-likeness (QED) is 0.535. The second-order valence-electron chi connectivity index (χ2n) is 5.57. The van der Waals surface area contributed by atoms with Crippen molar-refractivity contribution < 1.29 is 18.7 Å². The van der Waals surface area contributed by atoms with Crippen molar-refractivity contribution in [3.63, 3.8) is 0 Å². The molecule has 0 saturated heterocycles. The van der Waals surface area contributed by atoms with Gasteiger partial charge < -0.3 is 19.2 Å². The molecular weight excluding hydrogens is 416 g/mol. The Labute approximate surface area is 175 Å². The summed E-state index contributed by atoms with van der Waals surface area (Å²) in [5.41, 5.74) is 0.672. The van der Waals surface area contributed by atoms with Crippen molar-refractivity contribution in [2.75, 3.05) is 18.2 Å². The molecule has 3 aromatic rings. The lowest BCUT2D eigenvalue weighted by Crippen LogP contribution is -2.15. The first-order valence-corrected chi connectivity index (χ1v) is 9.65. The van der Waals surface area contributed by atoms with E-state index in [0.717, 1.165) is 11.8 Å². The Morgan fingerprint density at radius 3 is 2.90 bits per heavy atom. The van der Waals surface area contributed by atoms with Gasteiger partial charge in [0.1, 0.15) is 17.6 Å². The Hall–Kier alpha value is -3.22. The van der Waals surface area contributed by atoms with Crippen LogP contribution in [0.25, 0.3) is 0 Å². The summed E-state index contributed by atoms with van der Waals surface area (Å²) < 4.78 is 16.2. The SMILES string of the molecule is COc1cccc(OCc2nnc(SCC(=O)Nc3cc(Cl)ccc3C#N)o2)c1. The molecule has 0 bridgehead atoms. The van der Waals surface area contributed by atoms with Crippen LogP contribution in [-0.4, -0.2) is 29.0 Å². The molecule has 1 N–H and O–H groups in total. The first kappa shape index (κ1) is 20.5. The monoisotopic (exact) mass is 430 g/mol. The van der Waals surface area contributed by atoms with Crippen LogP contribution in [0.3, 0.4) is 0 Å². The fourth-order valence-electron chi connectivity index (χ4n) is 2.22. The van der Waals surface area contributed by atoms with Crippen LogP contribution < -0.4 is 14.8 Å². The molecule has 10 heteroatoms. The first-order chi connectivity index (χ1) is 14.1. The van der Waals surface area contributed by atoms with Gasteiger partial charge in [0.05, 0.1) is 24.1 Å². The zero-order chi connectivity index (χ0) is 20.6. The van der Waals surface area contributed by atoms with Crippen LogP contribution in [0.4, 0.5) is 5.69 Å². The molecule has 0 unspecified atom stereocenters. The zero-order valence-electron chi connectivity index (χ0n) is 15.2. The van der Waals surface area contributed by atoms with Gasteiger partial charge in [0.15, 0.2) is 6.61 Å². The molecule has 148 valence electrons. The maximum absolute atomic E-state index is 12.1. The number of methoxy groups -OCH3 is 1. The van der Waals surface area contributed by atoms with Gasteiger partial charge in [-0.1, -0.05) is 29.4 Å². The third-order valence-electron chi connectivity index (χ3n) is 3.55. The molecular formula is C19H15ClN4O4S. The van der Waals surface area contributed by atoms with Crippen LogP contribution in [0, 0.1) is 11.3 Å². The third-order valence-corrected chi connectivity index (χ3v) is 4.61. The van der Waals surface area contributed by atoms with Crippen LogP contribution >= 0.6 is 23.4 Å². The van der Waals surface area contributed by atoms with Gasteiger partial charge in [-0.15, -0.1) is 10.2 Å². The van der Waals surface area contributed by atoms with Crippen LogP contribution in [0.2, 0.25) is 5.02 Å². The Kier molecular flexibility index (Phi) is 6.94. The van der Waals surface area contributed by atoms with Crippen molar-refractivity contribution in [1.29, 1.82) is 5.26 Å². The summed E-state index contributed by atoms with van der Waals surface area (Å²) in [5, 5.41) is 20.2. The summed E-state index contributed by atoms with van der Waals surface area (Å²) in [6.07, 6.45) is 0. The van der Waals surface area contributed by atoms with Crippen molar-refractivity contribution in [3.8, 4) is 17.6 Å². The average molecular weight is 431 g/mol. The molecule has 0 aliphatic carbocycles. The van der Waals surface area contributed by atoms with Crippen LogP contribution in [0.15, 0.2) is 52.1 Å². The Balaban J connectivity index is 1.50. The maximum Gasteiger partial charge on any atom is 0.277 e. The number of aromatic nitrogens is 2. The predicted octanol–water partition coefficient (Wildman–Crippen LogP) is 3.91. The van der Waals surface area contributed by atoms with Gasteiger partial charge >= 0.3 is 0 Å². The van der Waals surface area contributed by atoms with Gasteiger partial charge in [-0.2, -0.15) is 5.26 Å². The number of nitrogens with one attached hydrogen (secondary N) is 1. The van der Waals surface area contributed by atoms with E-state index in [9.17, 15) is 4.79 Å². The van der Waals surface area contributed by atoms with E-state index in [4.69, 9.17) is 30.8 Å². The van der Waals surface area contributed by atoms with E-state index in [1.54, 1.807) is 31.4 Å². The minimum absolute atomic E-state index is 0.0236. The Morgan fingerprint density at radius 2 is 2.10 bits per heavy atom. The minimum atomic E-state index is -0.332. The fraction of sp³-hybridized carbons (Fsp3) is 0.158. The second kappa shape index (κ2) is 9.82. The van der Waals surface area contributed by atoms with Gasteiger partial charge in [0, 0.05) is 11.1 Å². The predicted molar refractivity (Wildman–Crippen MR) is 107 cm³/mol. The molecule has 1 heterocycles. The van der Waals surface area contributed by atoms with Gasteiger partial charge in [0.25, 0.3) is 11.1 Å². The van der Waals surface area contributed by atoms with E-state index in [2.05, 4.69) is 15.5 Å². The number of carbonyl (C=O) groups excluding carboxylic acids is 1. The van der Waals surface area contributed by atoms with E-state index in [1.165, 1.54) is 12.1 Å². The molecule has 0 saturated carbocycles. The third kappa shape index (κ3) is 5.88. The summed E-state index contributed by atoms with van der Waals surface area (Å²) in [6, 6.07) is 13.8. The number of nitriles is 1. The number of amides is 1. The number of thioether (sulfide) groups is 1. The molecule has 0 radical (unpaired) electrons. The highest BCUT2D eigenvalue weighted by atomic mass is 35.5. The lowest BCUT2D eigenvalue weighted by atomic mass is 10.2. The molecule has 0 aliphatic heterocycles. The first-order valence-electron chi connectivity index (χ1n) is 8.29. The number of benzene rings is 2. The zero-order valence-corrected chi connectivity index (χ0v) is 16.8. The largest absolute Gasteiger partial charge is 0.497 e. The van der Waals surface area contributed by atoms with Gasteiger partial charge in [-0.05, 0) is 30.3 Å². The molecule has 29 heavy (non-hydrogen) atoms. The van der Waals surface area contributed by atoms with Crippen molar-refractivity contribution in [2.24, 2.45) is 0 Å². The van der Waals surface area contributed by atoms with Gasteiger partial charge in [-0.25, -0.2) is 0 Å². The number of hydrogen-bond donors (Lipinski definition) is 1. The van der Waals surface area contributed by atoms with E-state index in [-0.39, 0.29) is 29.4 Å². The van der Waals surface area contributed by atoms with Crippen LogP contribution in [0.1, 0.15) is 11.5 Å². The Morgan fingerprint density at radius 1 is 1.28 bits per heavy atom. The summed E-state index contributed by atoms with van der Waals surface area (Å²) >= 11 is 6.98. The summed E-state index contributed by atoms with van der Waals surface area (Å²) in [6.45, 7) is 0.0843. The van der Waals surface area contributed by atoms with E-state index >= 15 is 0 Å². The number of hydrogen-bond acceptors (Lipinski definition) is 8. The smallest absolute Gasteiger partial charge is 0.277 e. The van der Waals surface area contributed by atoms with Gasteiger partial charge in [-0.3, -0.25) is 4.79 Å². The number of halogens is 1. The normalized spacial score (nSPS) is 10.2. The number of nitrogens with zero attached hydrogens (tertiary/aromatic N) is 3. The van der Waals surface area contributed by atoms with Crippen molar-refractivity contribution >= 4 is 35.0 Å². The van der Waals surface area contributed by atoms with Crippen LogP contribution in [0.5, 0.6) is 11.5 Å². The van der Waals surface area contributed by atoms with Crippen molar-refractivity contribution in [1.82, 2.24) is 10.2 Å². The lowest BCUT2D eigenvalue weighted by Gasteiger charge is -2.06. The summed E-state index contributed by atoms with van der Waals surface area (Å²) in [5.74, 6) is 1.24. The number of carbonyl (C=O) groups is 1. The number of anilines is 1. The summed E-state index contributed by atoms with van der Waals surface area (Å²) in [4.78, 5) is 12.1. The molecule has 0 aliphatic rings. The second-order valence-corrected chi connectivity index (χ2v) is 6.93. The maximum atomic E-state index is 12.1.